The Balaban J connectivity index is 2.25. The lowest BCUT2D eigenvalue weighted by atomic mass is 10.3. The monoisotopic (exact) mass is 309 g/mol. The lowest BCUT2D eigenvalue weighted by Gasteiger charge is -2.09. The number of aromatic nitrogens is 3. The van der Waals surface area contributed by atoms with Gasteiger partial charge in [-0.1, -0.05) is 12.2 Å². The number of thiocarbonyl (C=S) groups is 1. The van der Waals surface area contributed by atoms with E-state index in [0.717, 1.165) is 0 Å². The predicted molar refractivity (Wildman–Crippen MR) is 76.2 cm³/mol. The number of sulfonamides is 1. The van der Waals surface area contributed by atoms with Crippen LogP contribution in [-0.4, -0.2) is 28.6 Å². The Hall–Kier alpha value is -1.97. The molecule has 2 aromatic heterocycles. The summed E-state index contributed by atoms with van der Waals surface area (Å²) in [6.45, 7) is 0.0157. The minimum atomic E-state index is -3.78. The van der Waals surface area contributed by atoms with Crippen molar-refractivity contribution >= 4 is 27.2 Å². The largest absolute Gasteiger partial charge is 0.388 e. The molecule has 0 fully saturated rings. The standard InChI is InChI=1S/C11H11N5O2S2/c12-11(19)10-9(4-2-5-13-10)20(17,18)15-7-8-3-1-6-14-16-8/h1-6,15H,7H2,(H2,12,19). The quantitative estimate of drug-likeness (QED) is 0.747. The summed E-state index contributed by atoms with van der Waals surface area (Å²) in [5, 5.41) is 7.46. The molecular weight excluding hydrogens is 298 g/mol. The van der Waals surface area contributed by atoms with Crippen LogP contribution in [0.2, 0.25) is 0 Å². The van der Waals surface area contributed by atoms with Crippen molar-refractivity contribution in [2.24, 2.45) is 5.73 Å². The Bertz CT molecular complexity index is 719. The molecule has 0 aliphatic rings. The molecular formula is C11H11N5O2S2. The van der Waals surface area contributed by atoms with Crippen LogP contribution in [0.3, 0.4) is 0 Å². The fourth-order valence-corrected chi connectivity index (χ4v) is 2.86. The van der Waals surface area contributed by atoms with Gasteiger partial charge >= 0.3 is 0 Å². The number of nitrogens with two attached hydrogens (primary N) is 1. The van der Waals surface area contributed by atoms with Gasteiger partial charge in [-0.05, 0) is 24.3 Å². The van der Waals surface area contributed by atoms with Crippen molar-refractivity contribution in [2.45, 2.75) is 11.4 Å². The molecule has 0 radical (unpaired) electrons. The van der Waals surface area contributed by atoms with E-state index in [1.165, 1.54) is 24.5 Å². The van der Waals surface area contributed by atoms with Gasteiger partial charge in [-0.25, -0.2) is 13.1 Å². The number of rotatable bonds is 5. The van der Waals surface area contributed by atoms with Crippen molar-refractivity contribution in [2.75, 3.05) is 0 Å². The van der Waals surface area contributed by atoms with Gasteiger partial charge in [-0.2, -0.15) is 10.2 Å². The van der Waals surface area contributed by atoms with Crippen LogP contribution in [0.1, 0.15) is 11.4 Å². The molecule has 0 saturated carbocycles. The van der Waals surface area contributed by atoms with Gasteiger partial charge < -0.3 is 5.73 Å². The van der Waals surface area contributed by atoms with E-state index >= 15 is 0 Å². The minimum absolute atomic E-state index is 0.0157. The molecule has 2 heterocycles. The van der Waals surface area contributed by atoms with E-state index in [2.05, 4.69) is 19.9 Å². The van der Waals surface area contributed by atoms with E-state index in [4.69, 9.17) is 18.0 Å². The van der Waals surface area contributed by atoms with Crippen LogP contribution in [0, 0.1) is 0 Å². The number of nitrogens with zero attached hydrogens (tertiary/aromatic N) is 3. The first kappa shape index (κ1) is 14.4. The molecule has 0 bridgehead atoms. The average molecular weight is 309 g/mol. The molecule has 0 amide bonds. The summed E-state index contributed by atoms with van der Waals surface area (Å²) in [7, 11) is -3.78. The topological polar surface area (TPSA) is 111 Å². The van der Waals surface area contributed by atoms with E-state index < -0.39 is 10.0 Å². The van der Waals surface area contributed by atoms with Gasteiger partial charge in [0.1, 0.15) is 15.6 Å². The fraction of sp³-hybridized carbons (Fsp3) is 0.0909. The van der Waals surface area contributed by atoms with Gasteiger partial charge in [0.05, 0.1) is 12.2 Å². The summed E-state index contributed by atoms with van der Waals surface area (Å²) >= 11 is 4.80. The molecule has 0 aliphatic carbocycles. The van der Waals surface area contributed by atoms with Gasteiger partial charge in [0.25, 0.3) is 0 Å². The fourth-order valence-electron chi connectivity index (χ4n) is 1.47. The number of hydrogen-bond acceptors (Lipinski definition) is 6. The zero-order valence-electron chi connectivity index (χ0n) is 10.2. The highest BCUT2D eigenvalue weighted by Gasteiger charge is 2.20. The van der Waals surface area contributed by atoms with E-state index in [1.54, 1.807) is 12.1 Å². The van der Waals surface area contributed by atoms with Crippen molar-refractivity contribution < 1.29 is 8.42 Å². The summed E-state index contributed by atoms with van der Waals surface area (Å²) in [5.41, 5.74) is 6.03. The van der Waals surface area contributed by atoms with E-state index in [0.29, 0.717) is 5.69 Å². The van der Waals surface area contributed by atoms with Crippen LogP contribution in [0.4, 0.5) is 0 Å². The second-order valence-corrected chi connectivity index (χ2v) is 5.93. The van der Waals surface area contributed by atoms with Crippen LogP contribution >= 0.6 is 12.2 Å². The second-order valence-electron chi connectivity index (χ2n) is 3.75. The van der Waals surface area contributed by atoms with Crippen LogP contribution in [0.15, 0.2) is 41.6 Å². The van der Waals surface area contributed by atoms with Gasteiger partial charge in [-0.15, -0.1) is 0 Å². The van der Waals surface area contributed by atoms with Crippen molar-refractivity contribution in [3.8, 4) is 0 Å². The van der Waals surface area contributed by atoms with E-state index in [-0.39, 0.29) is 22.1 Å². The second kappa shape index (κ2) is 5.99. The molecule has 0 aromatic carbocycles. The molecule has 20 heavy (non-hydrogen) atoms. The summed E-state index contributed by atoms with van der Waals surface area (Å²) in [4.78, 5) is 3.75. The van der Waals surface area contributed by atoms with Gasteiger partial charge in [0, 0.05) is 12.4 Å². The molecule has 104 valence electrons. The molecule has 0 spiro atoms. The third-order valence-corrected chi connectivity index (χ3v) is 3.99. The van der Waals surface area contributed by atoms with Crippen molar-refractivity contribution in [1.29, 1.82) is 0 Å². The van der Waals surface area contributed by atoms with Crippen LogP contribution in [0.25, 0.3) is 0 Å². The molecule has 7 nitrogen and oxygen atoms in total. The number of nitrogens with one attached hydrogen (secondary N) is 1. The highest BCUT2D eigenvalue weighted by molar-refractivity contribution is 7.89. The lowest BCUT2D eigenvalue weighted by Crippen LogP contribution is -2.27. The van der Waals surface area contributed by atoms with Crippen molar-refractivity contribution in [1.82, 2.24) is 19.9 Å². The zero-order chi connectivity index (χ0) is 14.6. The average Bonchev–Trinajstić information content (AvgIpc) is 2.46. The molecule has 2 aromatic rings. The van der Waals surface area contributed by atoms with E-state index in [1.807, 2.05) is 0 Å². The summed E-state index contributed by atoms with van der Waals surface area (Å²) in [6, 6.07) is 6.22. The Kier molecular flexibility index (Phi) is 4.32. The van der Waals surface area contributed by atoms with Gasteiger partial charge in [0.15, 0.2) is 0 Å². The molecule has 3 N–H and O–H groups in total. The third-order valence-electron chi connectivity index (χ3n) is 2.36. The molecule has 0 saturated heterocycles. The summed E-state index contributed by atoms with van der Waals surface area (Å²) in [5.74, 6) is 0. The van der Waals surface area contributed by atoms with Crippen LogP contribution < -0.4 is 10.5 Å². The summed E-state index contributed by atoms with van der Waals surface area (Å²) in [6.07, 6.45) is 2.93. The lowest BCUT2D eigenvalue weighted by molar-refractivity contribution is 0.579. The maximum atomic E-state index is 12.2. The van der Waals surface area contributed by atoms with Crippen molar-refractivity contribution in [3.05, 3.63) is 48.0 Å². The normalized spacial score (nSPS) is 11.2. The SMILES string of the molecule is NC(=S)c1ncccc1S(=O)(=O)NCc1cccnn1. The Morgan fingerprint density at radius 1 is 1.30 bits per heavy atom. The maximum Gasteiger partial charge on any atom is 0.243 e. The van der Waals surface area contributed by atoms with Crippen LogP contribution in [-0.2, 0) is 16.6 Å². The molecule has 2 rings (SSSR count). The highest BCUT2D eigenvalue weighted by Crippen LogP contribution is 2.13. The predicted octanol–water partition coefficient (Wildman–Crippen LogP) is -0.0157. The highest BCUT2D eigenvalue weighted by atomic mass is 32.2. The smallest absolute Gasteiger partial charge is 0.243 e. The minimum Gasteiger partial charge on any atom is -0.388 e. The van der Waals surface area contributed by atoms with Gasteiger partial charge in [0.2, 0.25) is 10.0 Å². The number of pyridine rings is 1. The van der Waals surface area contributed by atoms with E-state index in [9.17, 15) is 8.42 Å². The Morgan fingerprint density at radius 2 is 2.05 bits per heavy atom. The molecule has 9 heteroatoms. The number of hydrogen-bond donors (Lipinski definition) is 2. The molecule has 0 atom stereocenters. The first-order chi connectivity index (χ1) is 9.50. The Morgan fingerprint density at radius 3 is 2.70 bits per heavy atom. The molecule has 0 unspecified atom stereocenters. The van der Waals surface area contributed by atoms with Crippen molar-refractivity contribution in [3.63, 3.8) is 0 Å². The molecule has 0 aliphatic heterocycles. The Labute approximate surface area is 121 Å². The van der Waals surface area contributed by atoms with Gasteiger partial charge in [-0.3, -0.25) is 4.98 Å². The first-order valence-electron chi connectivity index (χ1n) is 5.52. The summed E-state index contributed by atoms with van der Waals surface area (Å²) < 4.78 is 26.8. The van der Waals surface area contributed by atoms with Crippen LogP contribution in [0.5, 0.6) is 0 Å². The first-order valence-corrected chi connectivity index (χ1v) is 7.41. The third kappa shape index (κ3) is 3.32. The zero-order valence-corrected chi connectivity index (χ0v) is 11.9. The maximum absolute atomic E-state index is 12.2.